The second-order valence-corrected chi connectivity index (χ2v) is 20.8. The number of unbranched alkanes of at least 4 members (excludes halogenated alkanes) is 22. The highest BCUT2D eigenvalue weighted by Crippen LogP contribution is 2.38. The Morgan fingerprint density at radius 1 is 0.537 bits per heavy atom. The Balaban J connectivity index is 5.50. The number of esters is 1. The number of nitrogens with one attached hydrogen (secondary N) is 1. The summed E-state index contributed by atoms with van der Waals surface area (Å²) in [5.41, 5.74) is 0. The van der Waals surface area contributed by atoms with Crippen LogP contribution in [0, 0.1) is 0 Å². The molecule has 3 atom stereocenters. The molecule has 0 fully saturated rings. The van der Waals surface area contributed by atoms with Crippen molar-refractivity contribution in [2.24, 2.45) is 0 Å². The maximum Gasteiger partial charge on any atom is 0.306 e. The average molecular weight is 959 g/mol. The summed E-state index contributed by atoms with van der Waals surface area (Å²) in [5.74, 6) is -0.611. The van der Waals surface area contributed by atoms with Crippen LogP contribution in [0.4, 0.5) is 0 Å². The Bertz CT molecular complexity index is 1380. The summed E-state index contributed by atoms with van der Waals surface area (Å²) >= 11 is 0. The van der Waals surface area contributed by atoms with E-state index in [1.165, 1.54) is 109 Å². The van der Waals surface area contributed by atoms with Gasteiger partial charge in [0, 0.05) is 12.8 Å². The van der Waals surface area contributed by atoms with Gasteiger partial charge in [0.05, 0.1) is 33.8 Å². The first-order valence-electron chi connectivity index (χ1n) is 27.2. The predicted octanol–water partition coefficient (Wildman–Crippen LogP) is 15.5. The normalized spacial score (nSPS) is 14.4. The van der Waals surface area contributed by atoms with Crippen molar-refractivity contribution in [3.05, 3.63) is 72.9 Å². The number of allylic oxidation sites excluding steroid dienone is 11. The Morgan fingerprint density at radius 2 is 0.970 bits per heavy atom. The monoisotopic (exact) mass is 959 g/mol. The zero-order valence-electron chi connectivity index (χ0n) is 44.1. The van der Waals surface area contributed by atoms with Gasteiger partial charge in [-0.15, -0.1) is 0 Å². The lowest BCUT2D eigenvalue weighted by molar-refractivity contribution is -0.870. The topological polar surface area (TPSA) is 114 Å². The molecule has 388 valence electrons. The minimum absolute atomic E-state index is 0.0344. The van der Waals surface area contributed by atoms with E-state index in [0.717, 1.165) is 77.0 Å². The van der Waals surface area contributed by atoms with Crippen molar-refractivity contribution in [3.63, 3.8) is 0 Å². The summed E-state index contributed by atoms with van der Waals surface area (Å²) in [6.07, 6.45) is 58.7. The van der Waals surface area contributed by atoms with Gasteiger partial charge in [-0.2, -0.15) is 0 Å². The molecule has 0 aromatic carbocycles. The van der Waals surface area contributed by atoms with Gasteiger partial charge in [-0.1, -0.05) is 216 Å². The minimum Gasteiger partial charge on any atom is -0.756 e. The first-order valence-corrected chi connectivity index (χ1v) is 28.7. The zero-order chi connectivity index (χ0) is 49.4. The van der Waals surface area contributed by atoms with Gasteiger partial charge in [0.15, 0.2) is 0 Å². The van der Waals surface area contributed by atoms with E-state index in [4.69, 9.17) is 13.8 Å². The number of rotatable bonds is 48. The summed E-state index contributed by atoms with van der Waals surface area (Å²) in [6, 6.07) is -0.916. The first-order chi connectivity index (χ1) is 32.4. The van der Waals surface area contributed by atoms with Gasteiger partial charge in [0.1, 0.15) is 19.3 Å². The van der Waals surface area contributed by atoms with E-state index in [-0.39, 0.29) is 31.3 Å². The van der Waals surface area contributed by atoms with Crippen LogP contribution in [0.2, 0.25) is 0 Å². The van der Waals surface area contributed by atoms with E-state index in [1.54, 1.807) is 0 Å². The fourth-order valence-corrected chi connectivity index (χ4v) is 8.16. The molecule has 1 N–H and O–H groups in total. The molecule has 0 spiro atoms. The Labute approximate surface area is 413 Å². The van der Waals surface area contributed by atoms with Gasteiger partial charge in [0.25, 0.3) is 7.82 Å². The SMILES string of the molecule is CC/C=C\C/C=C\C/C=C\C/C=C\C/C=C\CCCC(=O)NC(COP(=O)([O-])OCC[N+](C)(C)C)C(/C=C/CCCCCCCCCCCCC)OC(=O)CCCCCCCCCCCCC. The number of nitrogens with zero attached hydrogens (tertiary/aromatic N) is 1. The lowest BCUT2D eigenvalue weighted by Gasteiger charge is -2.30. The molecule has 0 saturated carbocycles. The standard InChI is InChI=1S/C57H103N2O7P/c1-7-10-13-16-19-22-25-27-28-29-30-32-35-37-40-43-46-49-56(60)58-54(53-65-67(62,63)64-52-51-59(4,5)6)55(48-45-42-39-36-34-31-26-23-20-17-14-11-8-2)66-57(61)50-47-44-41-38-33-24-21-18-15-12-9-3/h10,13,19,22,27-28,30,32,37,40,45,48,54-55H,7-9,11-12,14-18,20-21,23-26,29,31,33-36,38-39,41-44,46-47,49-53H2,1-6H3,(H-,58,60,62,63)/b13-10-,22-19-,28-27-,32-30-,40-37-,48-45+. The fourth-order valence-electron chi connectivity index (χ4n) is 7.44. The number of quaternary nitrogens is 1. The summed E-state index contributed by atoms with van der Waals surface area (Å²) in [5, 5.41) is 2.98. The molecule has 9 nitrogen and oxygen atoms in total. The van der Waals surface area contributed by atoms with Crippen molar-refractivity contribution in [2.75, 3.05) is 40.9 Å². The van der Waals surface area contributed by atoms with Crippen molar-refractivity contribution < 1.29 is 37.3 Å². The molecule has 10 heteroatoms. The van der Waals surface area contributed by atoms with Gasteiger partial charge in [-0.05, 0) is 70.3 Å². The lowest BCUT2D eigenvalue weighted by atomic mass is 10.0. The van der Waals surface area contributed by atoms with Crippen LogP contribution in [0.3, 0.4) is 0 Å². The number of amides is 1. The van der Waals surface area contributed by atoms with Crippen molar-refractivity contribution in [1.82, 2.24) is 5.32 Å². The Morgan fingerprint density at radius 3 is 1.45 bits per heavy atom. The summed E-state index contributed by atoms with van der Waals surface area (Å²) in [6.45, 7) is 6.66. The van der Waals surface area contributed by atoms with E-state index in [2.05, 4.69) is 86.8 Å². The van der Waals surface area contributed by atoms with Crippen LogP contribution in [0.1, 0.15) is 226 Å². The number of carbonyl (C=O) groups excluding carboxylic acids is 2. The van der Waals surface area contributed by atoms with Crippen LogP contribution in [0.25, 0.3) is 0 Å². The van der Waals surface area contributed by atoms with E-state index in [0.29, 0.717) is 17.4 Å². The summed E-state index contributed by atoms with van der Waals surface area (Å²) in [7, 11) is 1.14. The van der Waals surface area contributed by atoms with Gasteiger partial charge in [0.2, 0.25) is 5.91 Å². The molecule has 0 aliphatic heterocycles. The van der Waals surface area contributed by atoms with E-state index >= 15 is 0 Å². The van der Waals surface area contributed by atoms with E-state index < -0.39 is 26.6 Å². The van der Waals surface area contributed by atoms with Crippen LogP contribution in [0.15, 0.2) is 72.9 Å². The Hall–Kier alpha value is -2.55. The lowest BCUT2D eigenvalue weighted by Crippen LogP contribution is -2.47. The molecule has 0 bridgehead atoms. The summed E-state index contributed by atoms with van der Waals surface area (Å²) in [4.78, 5) is 39.7. The Kier molecular flexibility index (Phi) is 45.3. The van der Waals surface area contributed by atoms with Crippen molar-refractivity contribution in [2.45, 2.75) is 238 Å². The van der Waals surface area contributed by atoms with Gasteiger partial charge in [-0.3, -0.25) is 14.2 Å². The number of phosphoric ester groups is 1. The maximum absolute atomic E-state index is 13.4. The highest BCUT2D eigenvalue weighted by molar-refractivity contribution is 7.45. The average Bonchev–Trinajstić information content (AvgIpc) is 3.28. The molecule has 0 aromatic rings. The van der Waals surface area contributed by atoms with Crippen LogP contribution >= 0.6 is 7.82 Å². The number of hydrogen-bond acceptors (Lipinski definition) is 7. The quantitative estimate of drug-likeness (QED) is 0.0212. The van der Waals surface area contributed by atoms with Crippen LogP contribution < -0.4 is 10.2 Å². The van der Waals surface area contributed by atoms with Crippen molar-refractivity contribution in [1.29, 1.82) is 0 Å². The molecule has 67 heavy (non-hydrogen) atoms. The maximum atomic E-state index is 13.4. The molecule has 0 aliphatic carbocycles. The highest BCUT2D eigenvalue weighted by atomic mass is 31.2. The fraction of sp³-hybridized carbons (Fsp3) is 0.754. The number of carbonyl (C=O) groups is 2. The number of ether oxygens (including phenoxy) is 1. The van der Waals surface area contributed by atoms with E-state index in [9.17, 15) is 19.0 Å². The first kappa shape index (κ1) is 64.5. The van der Waals surface area contributed by atoms with Crippen LogP contribution in [-0.4, -0.2) is 69.4 Å². The second kappa shape index (κ2) is 47.1. The highest BCUT2D eigenvalue weighted by Gasteiger charge is 2.27. The molecule has 0 heterocycles. The molecular formula is C57H103N2O7P. The molecule has 0 aliphatic rings. The smallest absolute Gasteiger partial charge is 0.306 e. The zero-order valence-corrected chi connectivity index (χ0v) is 45.0. The third-order valence-electron chi connectivity index (χ3n) is 11.7. The molecule has 0 aromatic heterocycles. The van der Waals surface area contributed by atoms with Crippen molar-refractivity contribution >= 4 is 19.7 Å². The molecular weight excluding hydrogens is 856 g/mol. The minimum atomic E-state index is -4.71. The molecule has 3 unspecified atom stereocenters. The van der Waals surface area contributed by atoms with Crippen LogP contribution in [0.5, 0.6) is 0 Å². The van der Waals surface area contributed by atoms with Gasteiger partial charge >= 0.3 is 5.97 Å². The predicted molar refractivity (Wildman–Crippen MR) is 284 cm³/mol. The molecule has 0 saturated heterocycles. The number of likely N-dealkylation sites (N-methyl/N-ethyl adjacent to an activating group) is 1. The number of hydrogen-bond donors (Lipinski definition) is 1. The largest absolute Gasteiger partial charge is 0.756 e. The molecule has 0 rings (SSSR count). The van der Waals surface area contributed by atoms with Gasteiger partial charge in [-0.25, -0.2) is 0 Å². The van der Waals surface area contributed by atoms with Crippen LogP contribution in [-0.2, 0) is 27.9 Å². The summed E-state index contributed by atoms with van der Waals surface area (Å²) < 4.78 is 30.1. The molecule has 1 amide bonds. The van der Waals surface area contributed by atoms with Gasteiger partial charge < -0.3 is 28.5 Å². The second-order valence-electron chi connectivity index (χ2n) is 19.4. The number of phosphoric acid groups is 1. The molecule has 0 radical (unpaired) electrons. The third-order valence-corrected chi connectivity index (χ3v) is 12.6. The van der Waals surface area contributed by atoms with Crippen molar-refractivity contribution in [3.8, 4) is 0 Å². The third kappa shape index (κ3) is 48.3. The van der Waals surface area contributed by atoms with E-state index in [1.807, 2.05) is 33.3 Å².